The molecule has 8 nitrogen and oxygen atoms in total. The van der Waals surface area contributed by atoms with E-state index >= 15 is 0 Å². The van der Waals surface area contributed by atoms with Crippen LogP contribution in [0.3, 0.4) is 0 Å². The summed E-state index contributed by atoms with van der Waals surface area (Å²) in [4.78, 5) is 17.7. The van der Waals surface area contributed by atoms with E-state index in [9.17, 15) is 13.2 Å². The molecule has 1 aliphatic heterocycles. The number of ether oxygens (including phenoxy) is 2. The Balaban J connectivity index is 1.60. The van der Waals surface area contributed by atoms with E-state index in [0.717, 1.165) is 11.1 Å². The highest BCUT2D eigenvalue weighted by molar-refractivity contribution is 7.89. The molecule has 0 radical (unpaired) electrons. The fourth-order valence-corrected chi connectivity index (χ4v) is 5.74. The summed E-state index contributed by atoms with van der Waals surface area (Å²) in [7, 11) is -3.60. The predicted octanol–water partition coefficient (Wildman–Crippen LogP) is 2.80. The van der Waals surface area contributed by atoms with Crippen LogP contribution in [0.2, 0.25) is 0 Å². The van der Waals surface area contributed by atoms with Crippen molar-refractivity contribution in [2.75, 3.05) is 26.3 Å². The molecule has 0 amide bonds. The molecule has 4 rings (SSSR count). The third kappa shape index (κ3) is 3.87. The second kappa shape index (κ2) is 8.46. The summed E-state index contributed by atoms with van der Waals surface area (Å²) in [6, 6.07) is 6.82. The standard InChI is InChI=1S/C20H23N3O5S2/c1-3-23-17-5-4-15(30(25,26)22-7-9-27-10-8-22)12-16(17)21-18(23)13-28-20(24)19-14(2)6-11-29-19/h4-6,11-12H,3,7-10,13H2,1-2H3. The molecule has 1 aromatic carbocycles. The van der Waals surface area contributed by atoms with Gasteiger partial charge in [-0.3, -0.25) is 0 Å². The highest BCUT2D eigenvalue weighted by atomic mass is 32.2. The van der Waals surface area contributed by atoms with E-state index in [-0.39, 0.29) is 17.5 Å². The van der Waals surface area contributed by atoms with Crippen molar-refractivity contribution in [1.82, 2.24) is 13.9 Å². The van der Waals surface area contributed by atoms with Gasteiger partial charge in [-0.15, -0.1) is 11.3 Å². The van der Waals surface area contributed by atoms with Crippen LogP contribution in [0.15, 0.2) is 34.5 Å². The van der Waals surface area contributed by atoms with Gasteiger partial charge in [-0.2, -0.15) is 4.31 Å². The van der Waals surface area contributed by atoms with Crippen molar-refractivity contribution < 1.29 is 22.7 Å². The van der Waals surface area contributed by atoms with E-state index in [0.29, 0.717) is 49.1 Å². The number of hydrogen-bond acceptors (Lipinski definition) is 7. The maximum atomic E-state index is 12.9. The number of esters is 1. The number of hydrogen-bond donors (Lipinski definition) is 0. The number of aryl methyl sites for hydroxylation is 2. The van der Waals surface area contributed by atoms with Crippen LogP contribution in [0.25, 0.3) is 11.0 Å². The third-order valence-electron chi connectivity index (χ3n) is 5.10. The first-order chi connectivity index (χ1) is 14.4. The molecule has 10 heteroatoms. The SMILES string of the molecule is CCn1c(COC(=O)c2sccc2C)nc2cc(S(=O)(=O)N3CCOCC3)ccc21. The van der Waals surface area contributed by atoms with E-state index in [1.165, 1.54) is 15.6 Å². The average Bonchev–Trinajstić information content (AvgIpc) is 3.34. The van der Waals surface area contributed by atoms with E-state index < -0.39 is 10.0 Å². The van der Waals surface area contributed by atoms with Crippen LogP contribution < -0.4 is 0 Å². The maximum absolute atomic E-state index is 12.9. The van der Waals surface area contributed by atoms with E-state index in [2.05, 4.69) is 4.98 Å². The van der Waals surface area contributed by atoms with Gasteiger partial charge in [0.25, 0.3) is 0 Å². The lowest BCUT2D eigenvalue weighted by atomic mass is 10.3. The fourth-order valence-electron chi connectivity index (χ4n) is 3.50. The van der Waals surface area contributed by atoms with Crippen LogP contribution in [0.4, 0.5) is 0 Å². The number of benzene rings is 1. The Morgan fingerprint density at radius 2 is 2.03 bits per heavy atom. The van der Waals surface area contributed by atoms with Gasteiger partial charge in [0.1, 0.15) is 17.3 Å². The van der Waals surface area contributed by atoms with Crippen molar-refractivity contribution in [3.05, 3.63) is 45.9 Å². The largest absolute Gasteiger partial charge is 0.453 e. The number of carbonyl (C=O) groups excluding carboxylic acids is 1. The Kier molecular flexibility index (Phi) is 5.92. The summed E-state index contributed by atoms with van der Waals surface area (Å²) in [6.45, 7) is 5.94. The lowest BCUT2D eigenvalue weighted by Crippen LogP contribution is -2.40. The van der Waals surface area contributed by atoms with E-state index in [1.54, 1.807) is 18.2 Å². The quantitative estimate of drug-likeness (QED) is 0.538. The minimum Gasteiger partial charge on any atom is -0.453 e. The third-order valence-corrected chi connectivity index (χ3v) is 7.99. The average molecular weight is 450 g/mol. The molecule has 1 aliphatic rings. The molecule has 1 saturated heterocycles. The van der Waals surface area contributed by atoms with Crippen LogP contribution in [-0.4, -0.2) is 54.5 Å². The highest BCUT2D eigenvalue weighted by Crippen LogP contribution is 2.24. The monoisotopic (exact) mass is 449 g/mol. The summed E-state index contributed by atoms with van der Waals surface area (Å²) < 4.78 is 40.0. The normalized spacial score (nSPS) is 15.5. The number of carbonyl (C=O) groups is 1. The number of rotatable bonds is 6. The van der Waals surface area contributed by atoms with Crippen molar-refractivity contribution in [3.8, 4) is 0 Å². The van der Waals surface area contributed by atoms with Crippen molar-refractivity contribution in [3.63, 3.8) is 0 Å². The second-order valence-corrected chi connectivity index (χ2v) is 9.80. The number of imidazole rings is 1. The molecule has 0 saturated carbocycles. The molecular weight excluding hydrogens is 426 g/mol. The molecular formula is C20H23N3O5S2. The lowest BCUT2D eigenvalue weighted by molar-refractivity contribution is 0.0464. The van der Waals surface area contributed by atoms with Gasteiger partial charge in [-0.25, -0.2) is 18.2 Å². The number of fused-ring (bicyclic) bond motifs is 1. The summed E-state index contributed by atoms with van der Waals surface area (Å²) in [5.41, 5.74) is 2.24. The van der Waals surface area contributed by atoms with Gasteiger partial charge in [0, 0.05) is 19.6 Å². The first kappa shape index (κ1) is 21.0. The van der Waals surface area contributed by atoms with Crippen LogP contribution in [0.1, 0.15) is 28.0 Å². The van der Waals surface area contributed by atoms with Crippen LogP contribution in [0, 0.1) is 6.92 Å². The first-order valence-corrected chi connectivity index (χ1v) is 12.0. The van der Waals surface area contributed by atoms with E-state index in [4.69, 9.17) is 9.47 Å². The zero-order valence-electron chi connectivity index (χ0n) is 16.8. The van der Waals surface area contributed by atoms with Gasteiger partial charge in [-0.1, -0.05) is 0 Å². The molecule has 3 heterocycles. The lowest BCUT2D eigenvalue weighted by Gasteiger charge is -2.26. The zero-order chi connectivity index (χ0) is 21.3. The highest BCUT2D eigenvalue weighted by Gasteiger charge is 2.27. The second-order valence-electron chi connectivity index (χ2n) is 6.95. The molecule has 0 atom stereocenters. The molecule has 1 fully saturated rings. The Hall–Kier alpha value is -2.27. The molecule has 0 bridgehead atoms. The molecule has 0 spiro atoms. The number of sulfonamides is 1. The number of nitrogens with zero attached hydrogens (tertiary/aromatic N) is 3. The molecule has 3 aromatic rings. The van der Waals surface area contributed by atoms with Gasteiger partial charge in [0.2, 0.25) is 10.0 Å². The summed E-state index contributed by atoms with van der Waals surface area (Å²) in [6.07, 6.45) is 0. The Bertz CT molecular complexity index is 1180. The van der Waals surface area contributed by atoms with Gasteiger partial charge in [-0.05, 0) is 49.1 Å². The van der Waals surface area contributed by atoms with Gasteiger partial charge in [0.05, 0.1) is 29.1 Å². The smallest absolute Gasteiger partial charge is 0.349 e. The maximum Gasteiger partial charge on any atom is 0.349 e. The molecule has 30 heavy (non-hydrogen) atoms. The van der Waals surface area contributed by atoms with Gasteiger partial charge < -0.3 is 14.0 Å². The topological polar surface area (TPSA) is 90.7 Å². The van der Waals surface area contributed by atoms with Crippen molar-refractivity contribution in [2.45, 2.75) is 31.9 Å². The predicted molar refractivity (Wildman–Crippen MR) is 113 cm³/mol. The van der Waals surface area contributed by atoms with Crippen LogP contribution in [-0.2, 0) is 32.6 Å². The first-order valence-electron chi connectivity index (χ1n) is 9.70. The summed E-state index contributed by atoms with van der Waals surface area (Å²) >= 11 is 1.34. The number of aromatic nitrogens is 2. The molecule has 2 aromatic heterocycles. The minimum atomic E-state index is -3.60. The minimum absolute atomic E-state index is 0.0181. The Morgan fingerprint density at radius 3 is 2.70 bits per heavy atom. The van der Waals surface area contributed by atoms with Gasteiger partial charge >= 0.3 is 5.97 Å². The molecule has 0 N–H and O–H groups in total. The van der Waals surface area contributed by atoms with Crippen molar-refractivity contribution in [2.24, 2.45) is 0 Å². The summed E-state index contributed by atoms with van der Waals surface area (Å²) in [5, 5.41) is 1.85. The number of morpholine rings is 1. The molecule has 160 valence electrons. The Labute approximate surface area is 179 Å². The van der Waals surface area contributed by atoms with E-state index in [1.807, 2.05) is 29.9 Å². The van der Waals surface area contributed by atoms with Crippen LogP contribution >= 0.6 is 11.3 Å². The number of thiophene rings is 1. The van der Waals surface area contributed by atoms with Crippen molar-refractivity contribution in [1.29, 1.82) is 0 Å². The zero-order valence-corrected chi connectivity index (χ0v) is 18.5. The van der Waals surface area contributed by atoms with Crippen molar-refractivity contribution >= 4 is 38.4 Å². The molecule has 0 aliphatic carbocycles. The Morgan fingerprint density at radius 1 is 1.27 bits per heavy atom. The molecule has 0 unspecified atom stereocenters. The van der Waals surface area contributed by atoms with Crippen LogP contribution in [0.5, 0.6) is 0 Å². The fraction of sp³-hybridized carbons (Fsp3) is 0.400. The van der Waals surface area contributed by atoms with Gasteiger partial charge in [0.15, 0.2) is 0 Å². The summed E-state index contributed by atoms with van der Waals surface area (Å²) in [5.74, 6) is 0.198.